The number of rotatable bonds is 11. The maximum absolute atomic E-state index is 14.3. The molecule has 0 aliphatic carbocycles. The van der Waals surface area contributed by atoms with Gasteiger partial charge in [0.1, 0.15) is 5.92 Å². The Bertz CT molecular complexity index is 1430. The fraction of sp³-hybridized carbons (Fsp3) is 0.469. The Morgan fingerprint density at radius 1 is 1.02 bits per heavy atom. The molecule has 4 rings (SSSR count). The Labute approximate surface area is 260 Å². The van der Waals surface area contributed by atoms with Crippen LogP contribution in [0.25, 0.3) is 0 Å². The van der Waals surface area contributed by atoms with Gasteiger partial charge < -0.3 is 25.0 Å². The fourth-order valence-electron chi connectivity index (χ4n) is 5.80. The second kappa shape index (κ2) is 15.7. The molecule has 1 unspecified atom stereocenters. The zero-order valence-electron chi connectivity index (χ0n) is 25.7. The van der Waals surface area contributed by atoms with Crippen LogP contribution in [0.5, 0.6) is 0 Å². The number of methoxy groups -OCH3 is 2. The molecule has 2 aromatic carbocycles. The largest absolute Gasteiger partial charge is 0.468 e. The van der Waals surface area contributed by atoms with Gasteiger partial charge in [-0.3, -0.25) is 9.59 Å². The first-order chi connectivity index (χ1) is 21.7. The molecule has 0 radical (unpaired) electrons. The average Bonchev–Trinajstić information content (AvgIpc) is 3.04. The van der Waals surface area contributed by atoms with Gasteiger partial charge in [0, 0.05) is 25.8 Å². The third-order valence-corrected chi connectivity index (χ3v) is 8.13. The number of nitrogens with zero attached hydrogens (tertiary/aromatic N) is 3. The van der Waals surface area contributed by atoms with Crippen LogP contribution < -0.4 is 10.6 Å². The summed E-state index contributed by atoms with van der Waals surface area (Å²) in [6.07, 6.45) is 2.91. The number of carbonyl (C=O) groups is 4. The number of urea groups is 2. The van der Waals surface area contributed by atoms with Gasteiger partial charge in [0.15, 0.2) is 11.6 Å². The number of likely N-dealkylation sites (tertiary alicyclic amines) is 1. The highest BCUT2D eigenvalue weighted by Crippen LogP contribution is 2.36. The van der Waals surface area contributed by atoms with E-state index in [0.29, 0.717) is 25.3 Å². The second-order valence-corrected chi connectivity index (χ2v) is 11.0. The Kier molecular flexibility index (Phi) is 11.7. The molecule has 0 bridgehead atoms. The minimum absolute atomic E-state index is 0.00831. The van der Waals surface area contributed by atoms with Crippen molar-refractivity contribution in [2.24, 2.45) is 10.9 Å². The molecule has 2 heterocycles. The molecule has 1 saturated heterocycles. The van der Waals surface area contributed by atoms with Crippen molar-refractivity contribution in [2.75, 3.05) is 52.3 Å². The number of benzene rings is 2. The minimum atomic E-state index is -1.34. The molecule has 2 aliphatic heterocycles. The standard InChI is InChI=1S/C32H39F2N5O6/c1-4-27(40)36-23-8-5-7-21(17-23)20-11-15-38(16-12-20)14-6-13-35-31(42)39-29(22-9-10-24(33)25(34)18-22)28(30(41)45-3)26(19-44-2)37-32(39)43/h5,7-10,17-18,20,28-29H,4,6,11-16,19H2,1-3H3,(H,35,42)(H,36,40)/t28?,29-/m0/s1. The lowest BCUT2D eigenvalue weighted by Crippen LogP contribution is -2.54. The van der Waals surface area contributed by atoms with Gasteiger partial charge in [-0.15, -0.1) is 0 Å². The van der Waals surface area contributed by atoms with E-state index >= 15 is 0 Å². The van der Waals surface area contributed by atoms with E-state index in [1.807, 2.05) is 25.1 Å². The topological polar surface area (TPSA) is 130 Å². The van der Waals surface area contributed by atoms with Crippen molar-refractivity contribution in [3.05, 3.63) is 65.2 Å². The van der Waals surface area contributed by atoms with Crippen LogP contribution in [-0.4, -0.2) is 86.5 Å². The highest BCUT2D eigenvalue weighted by Gasteiger charge is 2.47. The molecule has 2 aliphatic rings. The number of hydrogen-bond donors (Lipinski definition) is 2. The summed E-state index contributed by atoms with van der Waals surface area (Å²) in [5.41, 5.74) is 2.03. The molecule has 1 fully saturated rings. The minimum Gasteiger partial charge on any atom is -0.468 e. The molecule has 2 N–H and O–H groups in total. The van der Waals surface area contributed by atoms with E-state index in [9.17, 15) is 28.0 Å². The summed E-state index contributed by atoms with van der Waals surface area (Å²) in [5.74, 6) is -4.05. The lowest BCUT2D eigenvalue weighted by Gasteiger charge is -2.37. The number of carbonyl (C=O) groups excluding carboxylic acids is 4. The number of aliphatic imine (C=N–C) groups is 1. The first-order valence-electron chi connectivity index (χ1n) is 15.0. The zero-order chi connectivity index (χ0) is 32.5. The van der Waals surface area contributed by atoms with Gasteiger partial charge in [-0.2, -0.15) is 4.99 Å². The van der Waals surface area contributed by atoms with Crippen molar-refractivity contribution in [1.82, 2.24) is 15.1 Å². The van der Waals surface area contributed by atoms with Gasteiger partial charge in [0.05, 0.1) is 25.5 Å². The van der Waals surface area contributed by atoms with E-state index in [1.54, 1.807) is 0 Å². The highest BCUT2D eigenvalue weighted by atomic mass is 19.2. The lowest BCUT2D eigenvalue weighted by molar-refractivity contribution is -0.144. The van der Waals surface area contributed by atoms with Crippen molar-refractivity contribution in [3.8, 4) is 0 Å². The number of nitrogens with one attached hydrogen (secondary N) is 2. The first kappa shape index (κ1) is 33.7. The summed E-state index contributed by atoms with van der Waals surface area (Å²) in [5, 5.41) is 5.63. The van der Waals surface area contributed by atoms with Crippen LogP contribution in [0, 0.1) is 17.6 Å². The van der Waals surface area contributed by atoms with Crippen LogP contribution in [-0.2, 0) is 19.1 Å². The molecule has 2 aromatic rings. The number of halogens is 2. The summed E-state index contributed by atoms with van der Waals surface area (Å²) in [4.78, 5) is 58.1. The molecule has 2 atom stereocenters. The van der Waals surface area contributed by atoms with Crippen molar-refractivity contribution in [3.63, 3.8) is 0 Å². The van der Waals surface area contributed by atoms with E-state index in [2.05, 4.69) is 26.6 Å². The molecule has 0 spiro atoms. The molecule has 45 heavy (non-hydrogen) atoms. The van der Waals surface area contributed by atoms with Crippen molar-refractivity contribution < 1.29 is 37.4 Å². The maximum Gasteiger partial charge on any atom is 0.352 e. The first-order valence-corrected chi connectivity index (χ1v) is 15.0. The zero-order valence-corrected chi connectivity index (χ0v) is 25.7. The smallest absolute Gasteiger partial charge is 0.352 e. The average molecular weight is 628 g/mol. The Morgan fingerprint density at radius 3 is 2.44 bits per heavy atom. The number of hydrogen-bond acceptors (Lipinski definition) is 7. The second-order valence-electron chi connectivity index (χ2n) is 11.0. The molecule has 0 aromatic heterocycles. The maximum atomic E-state index is 14.3. The Morgan fingerprint density at radius 2 is 1.78 bits per heavy atom. The van der Waals surface area contributed by atoms with Crippen molar-refractivity contribution in [1.29, 1.82) is 0 Å². The van der Waals surface area contributed by atoms with E-state index < -0.39 is 41.6 Å². The SMILES string of the molecule is CCC(=O)Nc1cccc(C2CCN(CCCNC(=O)N3C(=O)N=C(COC)C(C(=O)OC)[C@@H]3c3ccc(F)c(F)c3)CC2)c1. The van der Waals surface area contributed by atoms with Crippen molar-refractivity contribution >= 4 is 35.3 Å². The van der Waals surface area contributed by atoms with Crippen LogP contribution >= 0.6 is 0 Å². The highest BCUT2D eigenvalue weighted by molar-refractivity contribution is 6.12. The molecule has 13 heteroatoms. The predicted octanol–water partition coefficient (Wildman–Crippen LogP) is 4.65. The van der Waals surface area contributed by atoms with Crippen LogP contribution in [0.1, 0.15) is 55.7 Å². The number of ether oxygens (including phenoxy) is 2. The van der Waals surface area contributed by atoms with Gasteiger partial charge in [-0.1, -0.05) is 25.1 Å². The van der Waals surface area contributed by atoms with Gasteiger partial charge >= 0.3 is 18.0 Å². The fourth-order valence-corrected chi connectivity index (χ4v) is 5.80. The lowest BCUT2D eigenvalue weighted by atomic mass is 9.86. The van der Waals surface area contributed by atoms with Gasteiger partial charge in [-0.25, -0.2) is 23.3 Å². The monoisotopic (exact) mass is 627 g/mol. The molecular formula is C32H39F2N5O6. The summed E-state index contributed by atoms with van der Waals surface area (Å²) in [7, 11) is 2.49. The van der Waals surface area contributed by atoms with Gasteiger partial charge in [0.25, 0.3) is 0 Å². The molecule has 0 saturated carbocycles. The van der Waals surface area contributed by atoms with E-state index in [1.165, 1.54) is 18.7 Å². The van der Waals surface area contributed by atoms with Crippen LogP contribution in [0.15, 0.2) is 47.5 Å². The third-order valence-electron chi connectivity index (χ3n) is 8.13. The number of anilines is 1. The van der Waals surface area contributed by atoms with E-state index in [0.717, 1.165) is 55.8 Å². The van der Waals surface area contributed by atoms with E-state index in [4.69, 9.17) is 9.47 Å². The molecular weight excluding hydrogens is 588 g/mol. The van der Waals surface area contributed by atoms with E-state index in [-0.39, 0.29) is 30.3 Å². The van der Waals surface area contributed by atoms with Crippen LogP contribution in [0.2, 0.25) is 0 Å². The number of esters is 1. The summed E-state index contributed by atoms with van der Waals surface area (Å²) in [6.45, 7) is 4.27. The Hall–Kier alpha value is -4.23. The van der Waals surface area contributed by atoms with Gasteiger partial charge in [0.2, 0.25) is 5.91 Å². The molecule has 242 valence electrons. The van der Waals surface area contributed by atoms with Crippen molar-refractivity contribution in [2.45, 2.75) is 44.6 Å². The summed E-state index contributed by atoms with van der Waals surface area (Å²) >= 11 is 0. The van der Waals surface area contributed by atoms with Crippen LogP contribution in [0.4, 0.5) is 24.1 Å². The number of amides is 5. The van der Waals surface area contributed by atoms with Gasteiger partial charge in [-0.05, 0) is 80.2 Å². The summed E-state index contributed by atoms with van der Waals surface area (Å²) in [6, 6.07) is 7.76. The third kappa shape index (κ3) is 8.28. The number of piperidine rings is 1. The quantitative estimate of drug-likeness (QED) is 0.274. The predicted molar refractivity (Wildman–Crippen MR) is 163 cm³/mol. The summed E-state index contributed by atoms with van der Waals surface area (Å²) < 4.78 is 38.1. The normalized spacial score (nSPS) is 19.2. The van der Waals surface area contributed by atoms with Crippen LogP contribution in [0.3, 0.4) is 0 Å². The molecule has 11 nitrogen and oxygen atoms in total. The number of imide groups is 1. The molecule has 5 amide bonds. The Balaban J connectivity index is 1.37.